The SMILES string of the molecule is CC1(OCC(=O)N2CCCC2c2cccc(Cl)c2)CNC1. The first-order chi connectivity index (χ1) is 10.1. The maximum absolute atomic E-state index is 12.4. The summed E-state index contributed by atoms with van der Waals surface area (Å²) in [5, 5.41) is 3.89. The summed E-state index contributed by atoms with van der Waals surface area (Å²) in [5.74, 6) is 0.0746. The molecule has 0 spiro atoms. The van der Waals surface area contributed by atoms with Gasteiger partial charge in [-0.3, -0.25) is 4.79 Å². The topological polar surface area (TPSA) is 41.6 Å². The number of nitrogens with one attached hydrogen (secondary N) is 1. The van der Waals surface area contributed by atoms with Crippen molar-refractivity contribution in [2.75, 3.05) is 26.2 Å². The molecule has 1 aromatic rings. The number of hydrogen-bond acceptors (Lipinski definition) is 3. The van der Waals surface area contributed by atoms with Crippen molar-refractivity contribution in [1.29, 1.82) is 0 Å². The molecule has 4 nitrogen and oxygen atoms in total. The highest BCUT2D eigenvalue weighted by Crippen LogP contribution is 2.33. The van der Waals surface area contributed by atoms with Crippen LogP contribution in [0.1, 0.15) is 31.4 Å². The largest absolute Gasteiger partial charge is 0.363 e. The maximum atomic E-state index is 12.4. The number of nitrogens with zero attached hydrogens (tertiary/aromatic N) is 1. The second kappa shape index (κ2) is 5.95. The van der Waals surface area contributed by atoms with E-state index in [0.717, 1.165) is 43.1 Å². The van der Waals surface area contributed by atoms with Crippen LogP contribution in [-0.2, 0) is 9.53 Å². The van der Waals surface area contributed by atoms with E-state index in [1.165, 1.54) is 0 Å². The molecule has 114 valence electrons. The average Bonchev–Trinajstić information content (AvgIpc) is 2.92. The van der Waals surface area contributed by atoms with Gasteiger partial charge in [-0.05, 0) is 37.5 Å². The summed E-state index contributed by atoms with van der Waals surface area (Å²) >= 11 is 6.06. The summed E-state index contributed by atoms with van der Waals surface area (Å²) in [6.07, 6.45) is 2.02. The fraction of sp³-hybridized carbons (Fsp3) is 0.562. The highest BCUT2D eigenvalue weighted by molar-refractivity contribution is 6.30. The predicted molar refractivity (Wildman–Crippen MR) is 82.4 cm³/mol. The van der Waals surface area contributed by atoms with Crippen LogP contribution >= 0.6 is 11.6 Å². The molecular weight excluding hydrogens is 288 g/mol. The van der Waals surface area contributed by atoms with E-state index >= 15 is 0 Å². The third kappa shape index (κ3) is 3.23. The van der Waals surface area contributed by atoms with Crippen molar-refractivity contribution < 1.29 is 9.53 Å². The Balaban J connectivity index is 1.64. The zero-order valence-corrected chi connectivity index (χ0v) is 13.0. The average molecular weight is 309 g/mol. The van der Waals surface area contributed by atoms with E-state index in [0.29, 0.717) is 0 Å². The molecular formula is C16H21ClN2O2. The lowest BCUT2D eigenvalue weighted by Gasteiger charge is -2.39. The zero-order chi connectivity index (χ0) is 14.9. The second-order valence-electron chi connectivity index (χ2n) is 6.14. The standard InChI is InChI=1S/C16H21ClN2O2/c1-16(10-18-11-16)21-9-15(20)19-7-3-6-14(19)12-4-2-5-13(17)8-12/h2,4-5,8,14,18H,3,6-7,9-11H2,1H3. The maximum Gasteiger partial charge on any atom is 0.249 e. The molecule has 1 unspecified atom stereocenters. The molecule has 0 bridgehead atoms. The molecule has 0 aliphatic carbocycles. The van der Waals surface area contributed by atoms with Gasteiger partial charge in [0, 0.05) is 24.7 Å². The zero-order valence-electron chi connectivity index (χ0n) is 12.3. The monoisotopic (exact) mass is 308 g/mol. The molecule has 3 rings (SSSR count). The Morgan fingerprint density at radius 1 is 1.52 bits per heavy atom. The number of carbonyl (C=O) groups is 1. The van der Waals surface area contributed by atoms with E-state index in [2.05, 4.69) is 5.32 Å². The van der Waals surface area contributed by atoms with E-state index in [1.807, 2.05) is 36.1 Å². The Morgan fingerprint density at radius 2 is 2.33 bits per heavy atom. The van der Waals surface area contributed by atoms with Crippen molar-refractivity contribution in [1.82, 2.24) is 10.2 Å². The van der Waals surface area contributed by atoms with Crippen LogP contribution in [0.15, 0.2) is 24.3 Å². The first kappa shape index (κ1) is 14.8. The molecule has 2 aliphatic heterocycles. The van der Waals surface area contributed by atoms with Gasteiger partial charge in [0.2, 0.25) is 5.91 Å². The fourth-order valence-electron chi connectivity index (χ4n) is 3.02. The fourth-order valence-corrected chi connectivity index (χ4v) is 3.22. The minimum atomic E-state index is -0.180. The Morgan fingerprint density at radius 3 is 3.00 bits per heavy atom. The van der Waals surface area contributed by atoms with E-state index in [1.54, 1.807) is 0 Å². The summed E-state index contributed by atoms with van der Waals surface area (Å²) in [4.78, 5) is 14.4. The highest BCUT2D eigenvalue weighted by atomic mass is 35.5. The van der Waals surface area contributed by atoms with E-state index in [-0.39, 0.29) is 24.2 Å². The third-order valence-corrected chi connectivity index (χ3v) is 4.58. The van der Waals surface area contributed by atoms with E-state index < -0.39 is 0 Å². The molecule has 2 aliphatic rings. The Hall–Kier alpha value is -1.10. The molecule has 0 saturated carbocycles. The smallest absolute Gasteiger partial charge is 0.249 e. The summed E-state index contributed by atoms with van der Waals surface area (Å²) in [6, 6.07) is 7.93. The lowest BCUT2D eigenvalue weighted by molar-refractivity contribution is -0.146. The molecule has 5 heteroatoms. The van der Waals surface area contributed by atoms with Gasteiger partial charge in [0.25, 0.3) is 0 Å². The van der Waals surface area contributed by atoms with Gasteiger partial charge >= 0.3 is 0 Å². The van der Waals surface area contributed by atoms with Crippen LogP contribution in [-0.4, -0.2) is 42.6 Å². The quantitative estimate of drug-likeness (QED) is 0.928. The van der Waals surface area contributed by atoms with Gasteiger partial charge in [-0.25, -0.2) is 0 Å². The molecule has 1 aromatic carbocycles. The Kier molecular flexibility index (Phi) is 4.20. The van der Waals surface area contributed by atoms with Crippen molar-refractivity contribution in [3.05, 3.63) is 34.9 Å². The van der Waals surface area contributed by atoms with Crippen LogP contribution in [0.4, 0.5) is 0 Å². The minimum absolute atomic E-state index is 0.0746. The number of halogens is 1. The number of hydrogen-bond donors (Lipinski definition) is 1. The van der Waals surface area contributed by atoms with Gasteiger partial charge in [0.1, 0.15) is 6.61 Å². The molecule has 2 heterocycles. The predicted octanol–water partition coefficient (Wildman–Crippen LogP) is 2.38. The third-order valence-electron chi connectivity index (χ3n) is 4.35. The number of carbonyl (C=O) groups excluding carboxylic acids is 1. The number of likely N-dealkylation sites (tertiary alicyclic amines) is 1. The van der Waals surface area contributed by atoms with Crippen molar-refractivity contribution in [3.63, 3.8) is 0 Å². The first-order valence-electron chi connectivity index (χ1n) is 7.47. The van der Waals surface area contributed by atoms with Crippen molar-refractivity contribution >= 4 is 17.5 Å². The van der Waals surface area contributed by atoms with Gasteiger partial charge in [0.05, 0.1) is 11.6 Å². The van der Waals surface area contributed by atoms with Crippen molar-refractivity contribution in [3.8, 4) is 0 Å². The van der Waals surface area contributed by atoms with Gasteiger partial charge in [-0.15, -0.1) is 0 Å². The normalized spacial score (nSPS) is 23.9. The first-order valence-corrected chi connectivity index (χ1v) is 7.85. The number of ether oxygens (including phenoxy) is 1. The molecule has 1 atom stereocenters. The molecule has 0 aromatic heterocycles. The van der Waals surface area contributed by atoms with Gasteiger partial charge in [-0.1, -0.05) is 23.7 Å². The number of benzene rings is 1. The van der Waals surface area contributed by atoms with Gasteiger partial charge < -0.3 is 15.0 Å². The van der Waals surface area contributed by atoms with Crippen molar-refractivity contribution in [2.45, 2.75) is 31.4 Å². The molecule has 1 amide bonds. The van der Waals surface area contributed by atoms with Crippen molar-refractivity contribution in [2.24, 2.45) is 0 Å². The lowest BCUT2D eigenvalue weighted by atomic mass is 10.0. The molecule has 21 heavy (non-hydrogen) atoms. The molecule has 2 fully saturated rings. The lowest BCUT2D eigenvalue weighted by Crippen LogP contribution is -2.59. The van der Waals surface area contributed by atoms with Crippen LogP contribution in [0.2, 0.25) is 5.02 Å². The van der Waals surface area contributed by atoms with Crippen LogP contribution in [0.25, 0.3) is 0 Å². The number of rotatable bonds is 4. The Labute approximate surface area is 130 Å². The van der Waals surface area contributed by atoms with E-state index in [9.17, 15) is 4.79 Å². The molecule has 0 radical (unpaired) electrons. The summed E-state index contributed by atoms with van der Waals surface area (Å²) in [5.41, 5.74) is 0.936. The van der Waals surface area contributed by atoms with Crippen LogP contribution < -0.4 is 5.32 Å². The summed E-state index contributed by atoms with van der Waals surface area (Å²) < 4.78 is 5.77. The summed E-state index contributed by atoms with van der Waals surface area (Å²) in [7, 11) is 0. The minimum Gasteiger partial charge on any atom is -0.363 e. The second-order valence-corrected chi connectivity index (χ2v) is 6.58. The van der Waals surface area contributed by atoms with Crippen LogP contribution in [0, 0.1) is 0 Å². The summed E-state index contributed by atoms with van der Waals surface area (Å²) in [6.45, 7) is 4.63. The van der Waals surface area contributed by atoms with Crippen LogP contribution in [0.5, 0.6) is 0 Å². The Bertz CT molecular complexity index is 531. The number of amides is 1. The van der Waals surface area contributed by atoms with Gasteiger partial charge in [0.15, 0.2) is 0 Å². The van der Waals surface area contributed by atoms with Crippen LogP contribution in [0.3, 0.4) is 0 Å². The van der Waals surface area contributed by atoms with E-state index in [4.69, 9.17) is 16.3 Å². The highest BCUT2D eigenvalue weighted by Gasteiger charge is 2.35. The molecule has 1 N–H and O–H groups in total. The molecule has 2 saturated heterocycles. The van der Waals surface area contributed by atoms with Gasteiger partial charge in [-0.2, -0.15) is 0 Å².